The second-order valence-electron chi connectivity index (χ2n) is 6.36. The number of carbonyl (C=O) groups excluding carboxylic acids is 1. The minimum atomic E-state index is -0.536. The molecule has 0 saturated carbocycles. The van der Waals surface area contributed by atoms with Crippen molar-refractivity contribution in [3.8, 4) is 34.5 Å². The van der Waals surface area contributed by atoms with Gasteiger partial charge in [0.25, 0.3) is 5.89 Å². The SMILES string of the molecule is CCOc1ccc(/C=C/C(=O)OCc2nnc(-c3cc(OC)c(OC)c(OC)c3)o2)cc1. The van der Waals surface area contributed by atoms with Gasteiger partial charge in [0, 0.05) is 11.6 Å². The summed E-state index contributed by atoms with van der Waals surface area (Å²) in [6, 6.07) is 10.7. The average molecular weight is 440 g/mol. The first-order valence-corrected chi connectivity index (χ1v) is 9.78. The monoisotopic (exact) mass is 440 g/mol. The van der Waals surface area contributed by atoms with Crippen LogP contribution in [0.25, 0.3) is 17.5 Å². The van der Waals surface area contributed by atoms with Crippen LogP contribution in [0.1, 0.15) is 18.4 Å². The van der Waals surface area contributed by atoms with Gasteiger partial charge in [-0.3, -0.25) is 0 Å². The Kier molecular flexibility index (Phi) is 7.69. The highest BCUT2D eigenvalue weighted by Gasteiger charge is 2.17. The van der Waals surface area contributed by atoms with Crippen LogP contribution in [0.4, 0.5) is 0 Å². The summed E-state index contributed by atoms with van der Waals surface area (Å²) in [7, 11) is 4.55. The van der Waals surface area contributed by atoms with Crippen molar-refractivity contribution < 1.29 is 32.9 Å². The lowest BCUT2D eigenvalue weighted by Gasteiger charge is -2.12. The summed E-state index contributed by atoms with van der Waals surface area (Å²) in [5.41, 5.74) is 1.41. The molecule has 0 fully saturated rings. The Balaban J connectivity index is 1.62. The molecular weight excluding hydrogens is 416 g/mol. The predicted octanol–water partition coefficient (Wildman–Crippen LogP) is 3.92. The van der Waals surface area contributed by atoms with Gasteiger partial charge in [0.2, 0.25) is 11.6 Å². The largest absolute Gasteiger partial charge is 0.494 e. The Morgan fingerprint density at radius 2 is 1.69 bits per heavy atom. The fraction of sp³-hybridized carbons (Fsp3) is 0.261. The number of rotatable bonds is 10. The van der Waals surface area contributed by atoms with E-state index in [1.54, 1.807) is 18.2 Å². The highest BCUT2D eigenvalue weighted by molar-refractivity contribution is 5.87. The minimum absolute atomic E-state index is 0.150. The van der Waals surface area contributed by atoms with Crippen LogP contribution in [0.3, 0.4) is 0 Å². The van der Waals surface area contributed by atoms with Crippen molar-refractivity contribution in [1.82, 2.24) is 10.2 Å². The molecule has 0 unspecified atom stereocenters. The number of esters is 1. The lowest BCUT2D eigenvalue weighted by atomic mass is 10.2. The Bertz CT molecular complexity index is 1050. The van der Waals surface area contributed by atoms with E-state index in [2.05, 4.69) is 10.2 Å². The van der Waals surface area contributed by atoms with Crippen LogP contribution in [-0.4, -0.2) is 44.1 Å². The quantitative estimate of drug-likeness (QED) is 0.343. The number of aromatic nitrogens is 2. The molecule has 0 aliphatic rings. The molecule has 0 bridgehead atoms. The molecule has 1 heterocycles. The molecule has 0 N–H and O–H groups in total. The molecule has 1 aromatic heterocycles. The fourth-order valence-corrected chi connectivity index (χ4v) is 2.82. The number of nitrogens with zero attached hydrogens (tertiary/aromatic N) is 2. The molecule has 3 aromatic rings. The molecule has 9 nitrogen and oxygen atoms in total. The number of ether oxygens (including phenoxy) is 5. The van der Waals surface area contributed by atoms with E-state index in [4.69, 9.17) is 28.1 Å². The maximum Gasteiger partial charge on any atom is 0.331 e. The van der Waals surface area contributed by atoms with Gasteiger partial charge in [-0.15, -0.1) is 10.2 Å². The maximum atomic E-state index is 12.0. The second-order valence-corrected chi connectivity index (χ2v) is 6.36. The molecular formula is C23H24N2O7. The fourth-order valence-electron chi connectivity index (χ4n) is 2.82. The van der Waals surface area contributed by atoms with Gasteiger partial charge in [-0.2, -0.15) is 0 Å². The van der Waals surface area contributed by atoms with Crippen molar-refractivity contribution in [3.05, 3.63) is 53.9 Å². The number of methoxy groups -OCH3 is 3. The van der Waals surface area contributed by atoms with Crippen molar-refractivity contribution in [3.63, 3.8) is 0 Å². The number of benzene rings is 2. The van der Waals surface area contributed by atoms with Crippen LogP contribution in [0.2, 0.25) is 0 Å². The summed E-state index contributed by atoms with van der Waals surface area (Å²) in [5.74, 6) is 1.96. The topological polar surface area (TPSA) is 102 Å². The lowest BCUT2D eigenvalue weighted by molar-refractivity contribution is -0.139. The van der Waals surface area contributed by atoms with Gasteiger partial charge in [-0.25, -0.2) is 4.79 Å². The minimum Gasteiger partial charge on any atom is -0.494 e. The van der Waals surface area contributed by atoms with Crippen LogP contribution in [0.5, 0.6) is 23.0 Å². The Labute approximate surface area is 185 Å². The van der Waals surface area contributed by atoms with Crippen LogP contribution in [-0.2, 0) is 16.1 Å². The molecule has 32 heavy (non-hydrogen) atoms. The van der Waals surface area contributed by atoms with E-state index in [0.717, 1.165) is 11.3 Å². The third-order valence-electron chi connectivity index (χ3n) is 4.32. The van der Waals surface area contributed by atoms with Gasteiger partial charge in [0.1, 0.15) is 5.75 Å². The summed E-state index contributed by atoms with van der Waals surface area (Å²) < 4.78 is 32.1. The molecule has 0 amide bonds. The zero-order valence-corrected chi connectivity index (χ0v) is 18.3. The van der Waals surface area contributed by atoms with Crippen molar-refractivity contribution in [2.45, 2.75) is 13.5 Å². The standard InChI is InChI=1S/C23H24N2O7/c1-5-30-17-9-6-15(7-10-17)8-11-21(26)31-14-20-24-25-23(32-20)16-12-18(27-2)22(29-4)19(13-16)28-3/h6-13H,5,14H2,1-4H3/b11-8+. The third-order valence-corrected chi connectivity index (χ3v) is 4.32. The molecule has 0 aliphatic carbocycles. The van der Waals surface area contributed by atoms with E-state index < -0.39 is 5.97 Å². The molecule has 0 atom stereocenters. The summed E-state index contributed by atoms with van der Waals surface area (Å²) >= 11 is 0. The summed E-state index contributed by atoms with van der Waals surface area (Å²) in [6.07, 6.45) is 2.97. The number of carbonyl (C=O) groups is 1. The molecule has 0 radical (unpaired) electrons. The smallest absolute Gasteiger partial charge is 0.331 e. The van der Waals surface area contributed by atoms with Gasteiger partial charge < -0.3 is 28.1 Å². The summed E-state index contributed by atoms with van der Waals surface area (Å²) in [5, 5.41) is 7.92. The van der Waals surface area contributed by atoms with Crippen molar-refractivity contribution in [1.29, 1.82) is 0 Å². The van der Waals surface area contributed by atoms with E-state index in [1.807, 2.05) is 31.2 Å². The molecule has 2 aromatic carbocycles. The first-order chi connectivity index (χ1) is 15.6. The average Bonchev–Trinajstić information content (AvgIpc) is 3.30. The van der Waals surface area contributed by atoms with Crippen LogP contribution >= 0.6 is 0 Å². The molecule has 9 heteroatoms. The summed E-state index contributed by atoms with van der Waals surface area (Å²) in [4.78, 5) is 12.0. The van der Waals surface area contributed by atoms with Gasteiger partial charge in [-0.05, 0) is 42.8 Å². The highest BCUT2D eigenvalue weighted by atomic mass is 16.5. The van der Waals surface area contributed by atoms with E-state index in [9.17, 15) is 4.79 Å². The Morgan fingerprint density at radius 3 is 2.28 bits per heavy atom. The normalized spacial score (nSPS) is 10.8. The van der Waals surface area contributed by atoms with Gasteiger partial charge in [0.05, 0.1) is 27.9 Å². The first kappa shape index (κ1) is 22.7. The van der Waals surface area contributed by atoms with Crippen molar-refractivity contribution in [2.75, 3.05) is 27.9 Å². The van der Waals surface area contributed by atoms with Gasteiger partial charge in [0.15, 0.2) is 18.1 Å². The van der Waals surface area contributed by atoms with Gasteiger partial charge >= 0.3 is 5.97 Å². The summed E-state index contributed by atoms with van der Waals surface area (Å²) in [6.45, 7) is 2.35. The zero-order valence-electron chi connectivity index (χ0n) is 18.3. The van der Waals surface area contributed by atoms with Gasteiger partial charge in [-0.1, -0.05) is 12.1 Å². The third kappa shape index (κ3) is 5.57. The maximum absolute atomic E-state index is 12.0. The zero-order chi connectivity index (χ0) is 22.9. The second kappa shape index (κ2) is 10.9. The van der Waals surface area contributed by atoms with E-state index in [1.165, 1.54) is 27.4 Å². The molecule has 168 valence electrons. The first-order valence-electron chi connectivity index (χ1n) is 9.78. The number of hydrogen-bond acceptors (Lipinski definition) is 9. The van der Waals surface area contributed by atoms with Crippen molar-refractivity contribution >= 4 is 12.0 Å². The van der Waals surface area contributed by atoms with E-state index >= 15 is 0 Å². The molecule has 0 saturated heterocycles. The van der Waals surface area contributed by atoms with Crippen LogP contribution in [0, 0.1) is 0 Å². The lowest BCUT2D eigenvalue weighted by Crippen LogP contribution is -2.00. The molecule has 0 aliphatic heterocycles. The van der Waals surface area contributed by atoms with E-state index in [0.29, 0.717) is 29.4 Å². The predicted molar refractivity (Wildman–Crippen MR) is 116 cm³/mol. The highest BCUT2D eigenvalue weighted by Crippen LogP contribution is 2.40. The Hall–Kier alpha value is -4.01. The van der Waals surface area contributed by atoms with Crippen LogP contribution < -0.4 is 18.9 Å². The number of hydrogen-bond donors (Lipinski definition) is 0. The van der Waals surface area contributed by atoms with Crippen LogP contribution in [0.15, 0.2) is 46.9 Å². The molecule has 3 rings (SSSR count). The van der Waals surface area contributed by atoms with E-state index in [-0.39, 0.29) is 18.4 Å². The molecule has 0 spiro atoms. The van der Waals surface area contributed by atoms with Crippen molar-refractivity contribution in [2.24, 2.45) is 0 Å². The Morgan fingerprint density at radius 1 is 1.00 bits per heavy atom.